The molecular formula is C11H22N2O3S. The summed E-state index contributed by atoms with van der Waals surface area (Å²) in [4.78, 5) is 0. The predicted octanol–water partition coefficient (Wildman–Crippen LogP) is 0.179. The van der Waals surface area contributed by atoms with Crippen LogP contribution in [0.5, 0.6) is 0 Å². The summed E-state index contributed by atoms with van der Waals surface area (Å²) in [6.07, 6.45) is 2.91. The van der Waals surface area contributed by atoms with Crippen molar-refractivity contribution in [2.45, 2.75) is 38.3 Å². The zero-order valence-electron chi connectivity index (χ0n) is 10.4. The summed E-state index contributed by atoms with van der Waals surface area (Å²) in [6, 6.07) is 0.0531. The van der Waals surface area contributed by atoms with E-state index in [1.54, 1.807) is 4.31 Å². The lowest BCUT2D eigenvalue weighted by atomic mass is 10.1. The average molecular weight is 262 g/mol. The molecule has 0 saturated carbocycles. The predicted molar refractivity (Wildman–Crippen MR) is 66.4 cm³/mol. The zero-order valence-corrected chi connectivity index (χ0v) is 11.2. The second-order valence-corrected chi connectivity index (χ2v) is 6.90. The first kappa shape index (κ1) is 13.3. The van der Waals surface area contributed by atoms with Crippen LogP contribution in [0.15, 0.2) is 0 Å². The van der Waals surface area contributed by atoms with Gasteiger partial charge in [-0.05, 0) is 26.2 Å². The molecule has 2 saturated heterocycles. The normalized spacial score (nSPS) is 32.5. The van der Waals surface area contributed by atoms with Gasteiger partial charge in [0, 0.05) is 32.3 Å². The SMILES string of the molecule is C[C@@H]1CNCCN1S(=O)(=O)CC1CCCCO1. The van der Waals surface area contributed by atoms with Gasteiger partial charge in [-0.2, -0.15) is 4.31 Å². The first-order valence-corrected chi connectivity index (χ1v) is 8.02. The highest BCUT2D eigenvalue weighted by Gasteiger charge is 2.32. The molecule has 0 aromatic carbocycles. The maximum absolute atomic E-state index is 12.3. The Morgan fingerprint density at radius 3 is 2.88 bits per heavy atom. The standard InChI is InChI=1S/C11H22N2O3S/c1-10-8-12-5-6-13(10)17(14,15)9-11-4-2-3-7-16-11/h10-12H,2-9H2,1H3/t10-,11?/m1/s1. The molecule has 2 fully saturated rings. The molecule has 0 aliphatic carbocycles. The third-order valence-electron chi connectivity index (χ3n) is 3.47. The lowest BCUT2D eigenvalue weighted by molar-refractivity contribution is 0.0296. The number of hydrogen-bond donors (Lipinski definition) is 1. The summed E-state index contributed by atoms with van der Waals surface area (Å²) >= 11 is 0. The van der Waals surface area contributed by atoms with Crippen molar-refractivity contribution < 1.29 is 13.2 Å². The molecule has 0 bridgehead atoms. The van der Waals surface area contributed by atoms with Crippen LogP contribution in [0.1, 0.15) is 26.2 Å². The van der Waals surface area contributed by atoms with Crippen molar-refractivity contribution in [3.8, 4) is 0 Å². The van der Waals surface area contributed by atoms with Gasteiger partial charge >= 0.3 is 0 Å². The second kappa shape index (κ2) is 5.65. The molecule has 17 heavy (non-hydrogen) atoms. The van der Waals surface area contributed by atoms with E-state index in [9.17, 15) is 8.42 Å². The Morgan fingerprint density at radius 1 is 1.41 bits per heavy atom. The summed E-state index contributed by atoms with van der Waals surface area (Å²) in [5, 5.41) is 3.20. The summed E-state index contributed by atoms with van der Waals surface area (Å²) in [5.41, 5.74) is 0. The molecular weight excluding hydrogens is 240 g/mol. The van der Waals surface area contributed by atoms with Crippen LogP contribution in [0.25, 0.3) is 0 Å². The summed E-state index contributed by atoms with van der Waals surface area (Å²) in [5.74, 6) is 0.150. The van der Waals surface area contributed by atoms with Crippen molar-refractivity contribution >= 4 is 10.0 Å². The Morgan fingerprint density at radius 2 is 2.24 bits per heavy atom. The summed E-state index contributed by atoms with van der Waals surface area (Å²) < 4.78 is 31.7. The Hall–Kier alpha value is -0.170. The smallest absolute Gasteiger partial charge is 0.216 e. The number of piperazine rings is 1. The van der Waals surface area contributed by atoms with Crippen LogP contribution in [-0.2, 0) is 14.8 Å². The molecule has 0 aromatic heterocycles. The second-order valence-electron chi connectivity index (χ2n) is 4.93. The maximum Gasteiger partial charge on any atom is 0.216 e. The van der Waals surface area contributed by atoms with Gasteiger partial charge in [-0.3, -0.25) is 0 Å². The minimum Gasteiger partial charge on any atom is -0.377 e. The molecule has 6 heteroatoms. The Labute approximate surface area is 104 Å². The molecule has 5 nitrogen and oxygen atoms in total. The first-order valence-electron chi connectivity index (χ1n) is 6.41. The van der Waals surface area contributed by atoms with Crippen LogP contribution in [0, 0.1) is 0 Å². The van der Waals surface area contributed by atoms with E-state index in [0.717, 1.165) is 32.4 Å². The van der Waals surface area contributed by atoms with Crippen LogP contribution < -0.4 is 5.32 Å². The van der Waals surface area contributed by atoms with Crippen LogP contribution >= 0.6 is 0 Å². The van der Waals surface area contributed by atoms with E-state index < -0.39 is 10.0 Å². The molecule has 100 valence electrons. The van der Waals surface area contributed by atoms with Crippen molar-refractivity contribution in [2.24, 2.45) is 0 Å². The van der Waals surface area contributed by atoms with E-state index in [-0.39, 0.29) is 17.9 Å². The first-order chi connectivity index (χ1) is 8.09. The number of nitrogens with one attached hydrogen (secondary N) is 1. The molecule has 2 aliphatic rings. The lowest BCUT2D eigenvalue weighted by Gasteiger charge is -2.34. The van der Waals surface area contributed by atoms with E-state index in [1.165, 1.54) is 0 Å². The largest absolute Gasteiger partial charge is 0.377 e. The Bertz CT molecular complexity index is 339. The Kier molecular flexibility index (Phi) is 4.41. The van der Waals surface area contributed by atoms with Crippen molar-refractivity contribution in [3.05, 3.63) is 0 Å². The molecule has 0 radical (unpaired) electrons. The topological polar surface area (TPSA) is 58.6 Å². The van der Waals surface area contributed by atoms with E-state index in [2.05, 4.69) is 5.32 Å². The maximum atomic E-state index is 12.3. The number of nitrogens with zero attached hydrogens (tertiary/aromatic N) is 1. The third-order valence-corrected chi connectivity index (χ3v) is 5.52. The summed E-state index contributed by atoms with van der Waals surface area (Å²) in [6.45, 7) is 4.72. The highest BCUT2D eigenvalue weighted by Crippen LogP contribution is 2.18. The van der Waals surface area contributed by atoms with Gasteiger partial charge in [0.2, 0.25) is 10.0 Å². The van der Waals surface area contributed by atoms with Gasteiger partial charge in [-0.15, -0.1) is 0 Å². The van der Waals surface area contributed by atoms with Gasteiger partial charge in [-0.25, -0.2) is 8.42 Å². The molecule has 2 atom stereocenters. The van der Waals surface area contributed by atoms with Crippen LogP contribution in [0.2, 0.25) is 0 Å². The molecule has 0 spiro atoms. The molecule has 2 rings (SSSR count). The molecule has 1 unspecified atom stereocenters. The monoisotopic (exact) mass is 262 g/mol. The van der Waals surface area contributed by atoms with Gasteiger partial charge in [0.05, 0.1) is 11.9 Å². The summed E-state index contributed by atoms with van der Waals surface area (Å²) in [7, 11) is -3.16. The van der Waals surface area contributed by atoms with Crippen molar-refractivity contribution in [1.82, 2.24) is 9.62 Å². The molecule has 1 N–H and O–H groups in total. The van der Waals surface area contributed by atoms with Gasteiger partial charge in [-0.1, -0.05) is 0 Å². The van der Waals surface area contributed by atoms with E-state index in [4.69, 9.17) is 4.74 Å². The van der Waals surface area contributed by atoms with Crippen LogP contribution in [0.4, 0.5) is 0 Å². The molecule has 0 amide bonds. The van der Waals surface area contributed by atoms with Gasteiger partial charge in [0.1, 0.15) is 0 Å². The minimum atomic E-state index is -3.16. The van der Waals surface area contributed by atoms with E-state index in [0.29, 0.717) is 13.2 Å². The van der Waals surface area contributed by atoms with Crippen LogP contribution in [-0.4, -0.2) is 56.9 Å². The number of hydrogen-bond acceptors (Lipinski definition) is 4. The minimum absolute atomic E-state index is 0.0531. The molecule has 2 aliphatic heterocycles. The van der Waals surface area contributed by atoms with Crippen LogP contribution in [0.3, 0.4) is 0 Å². The fourth-order valence-electron chi connectivity index (χ4n) is 2.51. The number of ether oxygens (including phenoxy) is 1. The lowest BCUT2D eigenvalue weighted by Crippen LogP contribution is -2.53. The van der Waals surface area contributed by atoms with Crippen molar-refractivity contribution in [1.29, 1.82) is 0 Å². The van der Waals surface area contributed by atoms with Gasteiger partial charge < -0.3 is 10.1 Å². The average Bonchev–Trinajstić information content (AvgIpc) is 2.30. The molecule has 2 heterocycles. The number of rotatable bonds is 3. The van der Waals surface area contributed by atoms with Crippen molar-refractivity contribution in [3.63, 3.8) is 0 Å². The van der Waals surface area contributed by atoms with E-state index in [1.807, 2.05) is 6.92 Å². The van der Waals surface area contributed by atoms with Gasteiger partial charge in [0.25, 0.3) is 0 Å². The van der Waals surface area contributed by atoms with Gasteiger partial charge in [0.15, 0.2) is 0 Å². The fraction of sp³-hybridized carbons (Fsp3) is 1.00. The Balaban J connectivity index is 1.96. The highest BCUT2D eigenvalue weighted by atomic mass is 32.2. The quantitative estimate of drug-likeness (QED) is 0.788. The van der Waals surface area contributed by atoms with E-state index >= 15 is 0 Å². The highest BCUT2D eigenvalue weighted by molar-refractivity contribution is 7.89. The fourth-order valence-corrected chi connectivity index (χ4v) is 4.42. The number of sulfonamides is 1. The third kappa shape index (κ3) is 3.40. The zero-order chi connectivity index (χ0) is 12.3. The van der Waals surface area contributed by atoms with Crippen molar-refractivity contribution in [2.75, 3.05) is 32.0 Å². The molecule has 0 aromatic rings.